The van der Waals surface area contributed by atoms with Crippen molar-refractivity contribution in [3.05, 3.63) is 86.5 Å². The van der Waals surface area contributed by atoms with E-state index in [0.717, 1.165) is 37.3 Å². The number of aryl methyl sites for hydroxylation is 1. The second-order valence-electron chi connectivity index (χ2n) is 8.29. The van der Waals surface area contributed by atoms with Crippen LogP contribution >= 0.6 is 11.8 Å². The smallest absolute Gasteiger partial charge is 0.416 e. The SMILES string of the molecule is C.[CH2-]CN(C[CH2-])C1=Nc2ccccc2Sc2cc(CCC(=O)CN3C(=O)C=CC3=O)ccc21.[CH2-]COCCO.[Na+]. The largest absolute Gasteiger partial charge is 1.00 e. The van der Waals surface area contributed by atoms with Gasteiger partial charge in [-0.3, -0.25) is 19.3 Å². The number of ether oxygens (including phenoxy) is 1. The number of aliphatic imine (C=N–C) groups is 1. The summed E-state index contributed by atoms with van der Waals surface area (Å²) in [7, 11) is 0. The summed E-state index contributed by atoms with van der Waals surface area (Å²) >= 11 is 1.65. The van der Waals surface area contributed by atoms with Gasteiger partial charge < -0.3 is 35.5 Å². The maximum absolute atomic E-state index is 12.4. The van der Waals surface area contributed by atoms with Crippen LogP contribution in [-0.2, 0) is 25.5 Å². The number of para-hydroxylation sites is 1. The number of nitrogens with zero attached hydrogens (tertiary/aromatic N) is 3. The number of carbonyl (C=O) groups excluding carboxylic acids is 3. The summed E-state index contributed by atoms with van der Waals surface area (Å²) in [6.45, 7) is 13.3. The zero-order valence-electron chi connectivity index (χ0n) is 22.3. The van der Waals surface area contributed by atoms with E-state index >= 15 is 0 Å². The molecule has 10 heteroatoms. The molecule has 0 atom stereocenters. The predicted octanol–water partition coefficient (Wildman–Crippen LogP) is 1.10. The van der Waals surface area contributed by atoms with E-state index in [9.17, 15) is 14.4 Å². The van der Waals surface area contributed by atoms with Crippen LogP contribution in [0.5, 0.6) is 0 Å². The van der Waals surface area contributed by atoms with Gasteiger partial charge in [0.15, 0.2) is 5.78 Å². The summed E-state index contributed by atoms with van der Waals surface area (Å²) in [6.07, 6.45) is 3.16. The molecule has 0 spiro atoms. The van der Waals surface area contributed by atoms with Crippen molar-refractivity contribution in [2.75, 3.05) is 39.5 Å². The first kappa shape index (κ1) is 35.8. The second kappa shape index (κ2) is 18.2. The van der Waals surface area contributed by atoms with Crippen molar-refractivity contribution in [1.82, 2.24) is 9.80 Å². The number of ketones is 1. The van der Waals surface area contributed by atoms with Gasteiger partial charge in [-0.2, -0.15) is 0 Å². The van der Waals surface area contributed by atoms with Crippen LogP contribution in [0, 0.1) is 20.8 Å². The average Bonchev–Trinajstić information content (AvgIpc) is 3.14. The molecule has 0 saturated carbocycles. The Kier molecular flexibility index (Phi) is 16.3. The number of fused-ring (bicyclic) bond motifs is 2. The average molecular weight is 574 g/mol. The second-order valence-corrected chi connectivity index (χ2v) is 9.38. The summed E-state index contributed by atoms with van der Waals surface area (Å²) in [4.78, 5) is 45.7. The number of hydrogen-bond donors (Lipinski definition) is 1. The Hall–Kier alpha value is -2.27. The van der Waals surface area contributed by atoms with E-state index in [1.165, 1.54) is 12.2 Å². The van der Waals surface area contributed by atoms with Crippen LogP contribution in [-0.4, -0.2) is 77.8 Å². The van der Waals surface area contributed by atoms with E-state index in [1.54, 1.807) is 11.8 Å². The molecule has 2 aliphatic rings. The van der Waals surface area contributed by atoms with Crippen LogP contribution in [0.2, 0.25) is 0 Å². The fourth-order valence-electron chi connectivity index (χ4n) is 3.78. The Morgan fingerprint density at radius 1 is 1.02 bits per heavy atom. The van der Waals surface area contributed by atoms with Crippen molar-refractivity contribution >= 4 is 40.9 Å². The maximum atomic E-state index is 12.4. The Labute approximate surface area is 264 Å². The van der Waals surface area contributed by atoms with Gasteiger partial charge in [0.25, 0.3) is 11.8 Å². The third kappa shape index (κ3) is 9.68. The zero-order valence-corrected chi connectivity index (χ0v) is 25.1. The molecule has 0 aliphatic carbocycles. The number of amidine groups is 1. The molecular weight excluding hydrogens is 537 g/mol. The van der Waals surface area contributed by atoms with Gasteiger partial charge in [0.05, 0.1) is 25.4 Å². The maximum Gasteiger partial charge on any atom is 1.00 e. The molecule has 0 fully saturated rings. The first-order valence-electron chi connectivity index (χ1n) is 12.3. The van der Waals surface area contributed by atoms with Crippen LogP contribution in [0.1, 0.15) is 25.0 Å². The summed E-state index contributed by atoms with van der Waals surface area (Å²) in [5.74, 6) is -0.180. The fraction of sp³-hybridized carbons (Fsp3) is 0.300. The first-order chi connectivity index (χ1) is 18.4. The number of hydrogen-bond acceptors (Lipinski definition) is 8. The van der Waals surface area contributed by atoms with Crippen molar-refractivity contribution < 1.29 is 53.8 Å². The van der Waals surface area contributed by atoms with E-state index in [4.69, 9.17) is 10.1 Å². The molecule has 0 unspecified atom stereocenters. The Bertz CT molecular complexity index is 1190. The molecule has 2 heterocycles. The van der Waals surface area contributed by atoms with Crippen molar-refractivity contribution in [2.45, 2.75) is 30.1 Å². The number of carbonyl (C=O) groups is 3. The summed E-state index contributed by atoms with van der Waals surface area (Å²) in [6, 6.07) is 14.1. The van der Waals surface area contributed by atoms with Gasteiger partial charge in [-0.05, 0) is 36.2 Å². The van der Waals surface area contributed by atoms with E-state index in [2.05, 4.69) is 31.6 Å². The number of aliphatic hydroxyl groups is 1. The van der Waals surface area contributed by atoms with Gasteiger partial charge in [0.1, 0.15) is 5.84 Å². The molecule has 2 aliphatic heterocycles. The number of amides is 2. The molecule has 210 valence electrons. The summed E-state index contributed by atoms with van der Waals surface area (Å²) < 4.78 is 4.62. The third-order valence-corrected chi connectivity index (χ3v) is 6.87. The molecule has 0 aromatic heterocycles. The zero-order chi connectivity index (χ0) is 27.5. The molecule has 1 N–H and O–H groups in total. The minimum atomic E-state index is -0.435. The van der Waals surface area contributed by atoms with Crippen molar-refractivity contribution in [1.29, 1.82) is 0 Å². The van der Waals surface area contributed by atoms with Crippen molar-refractivity contribution in [3.8, 4) is 0 Å². The van der Waals surface area contributed by atoms with E-state index in [-0.39, 0.29) is 62.3 Å². The van der Waals surface area contributed by atoms with E-state index in [0.29, 0.717) is 32.7 Å². The standard InChI is InChI=1S/C25H23N3O3S.C4H9O2.CH4.Na/c1-3-27(4-2)25-19-12-10-17(9-11-18(29)16-28-23(30)13-14-24(28)31)15-22(19)32-21-8-6-5-7-20(21)26-25;1-2-6-4-3-5;;/h5-8,10,12-15H,1-4,9,11,16H2;5H,1-4H2;1H4;/q-2;-1;;+1. The van der Waals surface area contributed by atoms with Gasteiger partial charge in [-0.25, -0.2) is 4.99 Å². The van der Waals surface area contributed by atoms with Crippen molar-refractivity contribution in [2.24, 2.45) is 4.99 Å². The van der Waals surface area contributed by atoms with Gasteiger partial charge in [-0.1, -0.05) is 44.0 Å². The van der Waals surface area contributed by atoms with Gasteiger partial charge in [0.2, 0.25) is 0 Å². The molecule has 40 heavy (non-hydrogen) atoms. The minimum Gasteiger partial charge on any atom is -0.416 e. The van der Waals surface area contributed by atoms with Crippen LogP contribution in [0.25, 0.3) is 0 Å². The van der Waals surface area contributed by atoms with Crippen molar-refractivity contribution in [3.63, 3.8) is 0 Å². The molecular formula is C30H36N3NaO5S-2. The number of benzene rings is 2. The topological polar surface area (TPSA) is 99.5 Å². The third-order valence-electron chi connectivity index (χ3n) is 5.75. The molecule has 2 aromatic rings. The molecule has 0 saturated heterocycles. The van der Waals surface area contributed by atoms with Gasteiger partial charge in [-0.15, -0.1) is 13.1 Å². The Morgan fingerprint density at radius 2 is 1.70 bits per heavy atom. The number of Topliss-reactive ketones (excluding diaryl/α,β-unsaturated/α-hetero) is 1. The molecule has 2 amide bonds. The molecule has 0 bridgehead atoms. The normalized spacial score (nSPS) is 13.1. The molecule has 0 radical (unpaired) electrons. The Morgan fingerprint density at radius 3 is 2.30 bits per heavy atom. The van der Waals surface area contributed by atoms with Gasteiger partial charge in [0, 0.05) is 33.9 Å². The molecule has 2 aromatic carbocycles. The summed E-state index contributed by atoms with van der Waals surface area (Å²) in [5.41, 5.74) is 2.92. The predicted molar refractivity (Wildman–Crippen MR) is 155 cm³/mol. The number of rotatable bonds is 10. The number of imide groups is 1. The van der Waals surface area contributed by atoms with Crippen LogP contribution in [0.4, 0.5) is 5.69 Å². The van der Waals surface area contributed by atoms with Gasteiger partial charge >= 0.3 is 29.6 Å². The summed E-state index contributed by atoms with van der Waals surface area (Å²) in [5, 5.41) is 8.04. The van der Waals surface area contributed by atoms with Crippen LogP contribution < -0.4 is 29.6 Å². The monoisotopic (exact) mass is 573 g/mol. The Balaban J connectivity index is 0.000000904. The number of aliphatic hydroxyl groups excluding tert-OH is 1. The van der Waals surface area contributed by atoms with Crippen LogP contribution in [0.15, 0.2) is 69.4 Å². The fourth-order valence-corrected chi connectivity index (χ4v) is 4.86. The minimum absolute atomic E-state index is 0. The van der Waals surface area contributed by atoms with Crippen LogP contribution in [0.3, 0.4) is 0 Å². The van der Waals surface area contributed by atoms with E-state index in [1.807, 2.05) is 41.3 Å². The quantitative estimate of drug-likeness (QED) is 0.197. The first-order valence-corrected chi connectivity index (χ1v) is 13.1. The molecule has 8 nitrogen and oxygen atoms in total. The van der Waals surface area contributed by atoms with E-state index < -0.39 is 11.8 Å². The molecule has 4 rings (SSSR count).